The predicted octanol–water partition coefficient (Wildman–Crippen LogP) is 2.39. The molecular formula is C8H11N. The Bertz CT molecular complexity index is 228. The van der Waals surface area contributed by atoms with Crippen molar-refractivity contribution in [1.29, 1.82) is 0 Å². The van der Waals surface area contributed by atoms with Gasteiger partial charge in [-0.2, -0.15) is 0 Å². The Morgan fingerprint density at radius 1 is 1.33 bits per heavy atom. The van der Waals surface area contributed by atoms with Gasteiger partial charge >= 0.3 is 0 Å². The minimum atomic E-state index is 0. The number of hydrogen-bond acceptors (Lipinski definition) is 1. The first-order chi connectivity index (χ1) is 3.92. The summed E-state index contributed by atoms with van der Waals surface area (Å²) in [6.45, 7) is 2.20. The highest BCUT2D eigenvalue weighted by Crippen LogP contribution is 2.38. The van der Waals surface area contributed by atoms with E-state index >= 15 is 0 Å². The molecule has 3 N–H and O–H groups in total. The van der Waals surface area contributed by atoms with Crippen molar-refractivity contribution in [3.8, 4) is 11.1 Å². The Kier molecular flexibility index (Phi) is 1.29. The summed E-state index contributed by atoms with van der Waals surface area (Å²) in [4.78, 5) is 0. The Morgan fingerprint density at radius 3 is 2.33 bits per heavy atom. The first kappa shape index (κ1) is 6.30. The molecule has 0 fully saturated rings. The van der Waals surface area contributed by atoms with E-state index in [1.807, 2.05) is 0 Å². The molecule has 0 saturated carbocycles. The summed E-state index contributed by atoms with van der Waals surface area (Å²) in [7, 11) is 0. The fourth-order valence-electron chi connectivity index (χ4n) is 1.12. The second-order valence-corrected chi connectivity index (χ2v) is 2.23. The van der Waals surface area contributed by atoms with Gasteiger partial charge in [-0.1, -0.05) is 19.1 Å². The van der Waals surface area contributed by atoms with Gasteiger partial charge in [-0.15, -0.1) is 0 Å². The van der Waals surface area contributed by atoms with Crippen LogP contribution >= 0.6 is 0 Å². The third-order valence-electron chi connectivity index (χ3n) is 1.72. The summed E-state index contributed by atoms with van der Waals surface area (Å²) in [5.74, 6) is 0. The Hall–Kier alpha value is -0.820. The summed E-state index contributed by atoms with van der Waals surface area (Å²) >= 11 is 0. The fraction of sp³-hybridized carbons (Fsp3) is 0.250. The third kappa shape index (κ3) is 0.736. The molecule has 2 aliphatic rings. The lowest BCUT2D eigenvalue weighted by Crippen LogP contribution is -1.68. The van der Waals surface area contributed by atoms with Crippen molar-refractivity contribution in [1.82, 2.24) is 6.15 Å². The van der Waals surface area contributed by atoms with Crippen molar-refractivity contribution in [2.45, 2.75) is 13.3 Å². The monoisotopic (exact) mass is 121 g/mol. The molecule has 0 unspecified atom stereocenters. The molecule has 2 aliphatic carbocycles. The van der Waals surface area contributed by atoms with E-state index in [1.54, 1.807) is 0 Å². The highest BCUT2D eigenvalue weighted by atomic mass is 14.2. The summed E-state index contributed by atoms with van der Waals surface area (Å²) in [6, 6.07) is 6.64. The van der Waals surface area contributed by atoms with E-state index < -0.39 is 0 Å². The van der Waals surface area contributed by atoms with E-state index in [4.69, 9.17) is 0 Å². The summed E-state index contributed by atoms with van der Waals surface area (Å²) in [5.41, 5.74) is 4.48. The van der Waals surface area contributed by atoms with E-state index in [-0.39, 0.29) is 6.15 Å². The lowest BCUT2D eigenvalue weighted by atomic mass is 10.2. The number of rotatable bonds is 1. The second kappa shape index (κ2) is 1.85. The average molecular weight is 121 g/mol. The molecular weight excluding hydrogens is 110 g/mol. The maximum atomic E-state index is 2.23. The van der Waals surface area contributed by atoms with Crippen molar-refractivity contribution >= 4 is 0 Å². The maximum absolute atomic E-state index is 2.23. The Morgan fingerprint density at radius 2 is 2.11 bits per heavy atom. The van der Waals surface area contributed by atoms with Crippen molar-refractivity contribution in [2.75, 3.05) is 0 Å². The number of hydrogen-bond donors (Lipinski definition) is 1. The van der Waals surface area contributed by atoms with E-state index in [0.29, 0.717) is 0 Å². The molecule has 0 amide bonds. The lowest BCUT2D eigenvalue weighted by Gasteiger charge is -1.82. The molecule has 2 rings (SSSR count). The zero-order valence-electron chi connectivity index (χ0n) is 5.65. The molecule has 0 aromatic heterocycles. The van der Waals surface area contributed by atoms with Gasteiger partial charge in [-0.3, -0.25) is 0 Å². The molecule has 0 bridgehead atoms. The Labute approximate surface area is 55.3 Å². The molecule has 0 spiro atoms. The van der Waals surface area contributed by atoms with Gasteiger partial charge in [0.2, 0.25) is 0 Å². The molecule has 0 radical (unpaired) electrons. The quantitative estimate of drug-likeness (QED) is 0.617. The van der Waals surface area contributed by atoms with Crippen LogP contribution in [0, 0.1) is 0 Å². The second-order valence-electron chi connectivity index (χ2n) is 2.23. The molecule has 1 nitrogen and oxygen atoms in total. The van der Waals surface area contributed by atoms with Gasteiger partial charge in [0.15, 0.2) is 0 Å². The van der Waals surface area contributed by atoms with Crippen LogP contribution in [0.2, 0.25) is 0 Å². The molecule has 0 atom stereocenters. The number of fused-ring (bicyclic) bond motifs is 1. The molecule has 0 heterocycles. The van der Waals surface area contributed by atoms with Crippen LogP contribution in [0.15, 0.2) is 18.2 Å². The van der Waals surface area contributed by atoms with Crippen LogP contribution in [0.1, 0.15) is 12.5 Å². The van der Waals surface area contributed by atoms with Crippen LogP contribution in [0.25, 0.3) is 11.1 Å². The molecule has 0 aromatic rings. The van der Waals surface area contributed by atoms with Gasteiger partial charge in [-0.25, -0.2) is 0 Å². The summed E-state index contributed by atoms with van der Waals surface area (Å²) < 4.78 is 0. The molecule has 48 valence electrons. The van der Waals surface area contributed by atoms with Crippen LogP contribution in [0.4, 0.5) is 0 Å². The third-order valence-corrected chi connectivity index (χ3v) is 1.72. The van der Waals surface area contributed by atoms with E-state index in [1.165, 1.54) is 23.1 Å². The smallest absolute Gasteiger partial charge is 0.0146 e. The summed E-state index contributed by atoms with van der Waals surface area (Å²) in [6.07, 6.45) is 1.19. The molecule has 0 saturated heterocycles. The van der Waals surface area contributed by atoms with Gasteiger partial charge in [0.25, 0.3) is 0 Å². The van der Waals surface area contributed by atoms with Crippen LogP contribution < -0.4 is 6.15 Å². The van der Waals surface area contributed by atoms with Crippen LogP contribution in [-0.2, 0) is 6.42 Å². The van der Waals surface area contributed by atoms with Crippen LogP contribution in [0.3, 0.4) is 0 Å². The molecule has 0 aromatic carbocycles. The SMILES string of the molecule is CCc1ccc2cc1-2.N. The number of benzene rings is 1. The average Bonchev–Trinajstić information content (AvgIpc) is 2.46. The van der Waals surface area contributed by atoms with Gasteiger partial charge in [0.05, 0.1) is 0 Å². The maximum Gasteiger partial charge on any atom is -0.0146 e. The van der Waals surface area contributed by atoms with Crippen LogP contribution in [0.5, 0.6) is 0 Å². The van der Waals surface area contributed by atoms with Gasteiger partial charge in [0, 0.05) is 0 Å². The first-order valence-electron chi connectivity index (χ1n) is 3.05. The normalized spacial score (nSPS) is 10.3. The molecule has 0 aliphatic heterocycles. The highest BCUT2D eigenvalue weighted by Gasteiger charge is 2.14. The first-order valence-corrected chi connectivity index (χ1v) is 3.05. The highest BCUT2D eigenvalue weighted by molar-refractivity contribution is 5.84. The number of aryl methyl sites for hydroxylation is 1. The van der Waals surface area contributed by atoms with Crippen molar-refractivity contribution in [2.24, 2.45) is 0 Å². The van der Waals surface area contributed by atoms with Gasteiger partial charge < -0.3 is 6.15 Å². The Balaban J connectivity index is 0.000000405. The summed E-state index contributed by atoms with van der Waals surface area (Å²) in [5, 5.41) is 0. The van der Waals surface area contributed by atoms with E-state index in [9.17, 15) is 0 Å². The molecule has 9 heavy (non-hydrogen) atoms. The zero-order valence-corrected chi connectivity index (χ0v) is 5.65. The van der Waals surface area contributed by atoms with Crippen molar-refractivity contribution in [3.05, 3.63) is 23.8 Å². The van der Waals surface area contributed by atoms with E-state index in [2.05, 4.69) is 25.1 Å². The van der Waals surface area contributed by atoms with Crippen molar-refractivity contribution < 1.29 is 0 Å². The topological polar surface area (TPSA) is 35.0 Å². The minimum Gasteiger partial charge on any atom is -0.344 e. The largest absolute Gasteiger partial charge is 0.344 e. The van der Waals surface area contributed by atoms with Crippen LogP contribution in [-0.4, -0.2) is 0 Å². The fourth-order valence-corrected chi connectivity index (χ4v) is 1.12. The van der Waals surface area contributed by atoms with Gasteiger partial charge in [0.1, 0.15) is 0 Å². The molecule has 1 heteroatoms. The zero-order chi connectivity index (χ0) is 5.56. The predicted molar refractivity (Wildman–Crippen MR) is 39.8 cm³/mol. The van der Waals surface area contributed by atoms with Crippen molar-refractivity contribution in [3.63, 3.8) is 0 Å². The lowest BCUT2D eigenvalue weighted by molar-refractivity contribution is 1.16. The minimum absolute atomic E-state index is 0. The standard InChI is InChI=1S/C8H8.H3N/c1-2-6-3-4-7-5-8(6)7;/h3-5H,2H2,1H3;1H3. The van der Waals surface area contributed by atoms with E-state index in [0.717, 1.165) is 0 Å². The van der Waals surface area contributed by atoms with Gasteiger partial charge in [-0.05, 0) is 29.2 Å².